The van der Waals surface area contributed by atoms with Crippen molar-refractivity contribution >= 4 is 17.5 Å². The molecule has 2 N–H and O–H groups in total. The lowest BCUT2D eigenvalue weighted by Crippen LogP contribution is -2.41. The molecule has 0 radical (unpaired) electrons. The van der Waals surface area contributed by atoms with Crippen LogP contribution in [-0.4, -0.2) is 34.9 Å². The molecule has 1 unspecified atom stereocenters. The van der Waals surface area contributed by atoms with Crippen LogP contribution in [0.3, 0.4) is 0 Å². The summed E-state index contributed by atoms with van der Waals surface area (Å²) >= 11 is 0. The fourth-order valence-electron chi connectivity index (χ4n) is 3.50. The van der Waals surface area contributed by atoms with Gasteiger partial charge in [0.15, 0.2) is 0 Å². The topological polar surface area (TPSA) is 69.6 Å². The van der Waals surface area contributed by atoms with E-state index >= 15 is 0 Å². The molecule has 1 saturated heterocycles. The van der Waals surface area contributed by atoms with Gasteiger partial charge in [0, 0.05) is 25.4 Å². The maximum Gasteiger partial charge on any atom is 0.227 e. The number of phenols is 1. The first-order valence-electron chi connectivity index (χ1n) is 9.46. The van der Waals surface area contributed by atoms with Crippen LogP contribution in [0.25, 0.3) is 0 Å². The van der Waals surface area contributed by atoms with Crippen LogP contribution in [0.5, 0.6) is 5.75 Å². The summed E-state index contributed by atoms with van der Waals surface area (Å²) in [7, 11) is 0. The number of benzene rings is 2. The number of anilines is 1. The molecule has 0 bridgehead atoms. The maximum absolute atomic E-state index is 12.6. The molecule has 5 nitrogen and oxygen atoms in total. The van der Waals surface area contributed by atoms with Crippen LogP contribution < -0.4 is 5.32 Å². The fraction of sp³-hybridized carbons (Fsp3) is 0.364. The van der Waals surface area contributed by atoms with E-state index in [1.807, 2.05) is 35.2 Å². The number of nitrogens with zero attached hydrogens (tertiary/aromatic N) is 1. The monoisotopic (exact) mass is 366 g/mol. The van der Waals surface area contributed by atoms with Crippen molar-refractivity contribution in [3.05, 3.63) is 60.2 Å². The van der Waals surface area contributed by atoms with Crippen LogP contribution >= 0.6 is 0 Å². The Morgan fingerprint density at radius 2 is 1.70 bits per heavy atom. The number of piperidine rings is 1. The van der Waals surface area contributed by atoms with E-state index in [0.29, 0.717) is 38.0 Å². The molecule has 1 atom stereocenters. The van der Waals surface area contributed by atoms with E-state index in [4.69, 9.17) is 0 Å². The SMILES string of the molecule is CC(CC(=O)N1CCC(C(=O)Nc2ccccc2O)CC1)c1ccccc1. The molecule has 1 fully saturated rings. The second-order valence-corrected chi connectivity index (χ2v) is 7.18. The van der Waals surface area contributed by atoms with Crippen molar-refractivity contribution in [2.75, 3.05) is 18.4 Å². The molecule has 5 heteroatoms. The fourth-order valence-corrected chi connectivity index (χ4v) is 3.50. The largest absolute Gasteiger partial charge is 0.506 e. The summed E-state index contributed by atoms with van der Waals surface area (Å²) < 4.78 is 0. The van der Waals surface area contributed by atoms with Gasteiger partial charge in [0.1, 0.15) is 5.75 Å². The molecule has 1 heterocycles. The van der Waals surface area contributed by atoms with E-state index in [1.165, 1.54) is 5.56 Å². The van der Waals surface area contributed by atoms with Gasteiger partial charge >= 0.3 is 0 Å². The van der Waals surface area contributed by atoms with Crippen molar-refractivity contribution in [3.63, 3.8) is 0 Å². The highest BCUT2D eigenvalue weighted by atomic mass is 16.3. The molecule has 0 aliphatic carbocycles. The molecule has 2 amide bonds. The van der Waals surface area contributed by atoms with Crippen LogP contribution in [0, 0.1) is 5.92 Å². The minimum atomic E-state index is -0.139. The zero-order valence-corrected chi connectivity index (χ0v) is 15.6. The number of carbonyl (C=O) groups excluding carboxylic acids is 2. The molecular formula is C22H26N2O3. The molecule has 0 aromatic heterocycles. The summed E-state index contributed by atoms with van der Waals surface area (Å²) in [6.45, 7) is 3.26. The van der Waals surface area contributed by atoms with Crippen LogP contribution in [0.15, 0.2) is 54.6 Å². The average Bonchev–Trinajstić information content (AvgIpc) is 2.70. The molecule has 1 aliphatic rings. The number of para-hydroxylation sites is 2. The molecule has 2 aromatic carbocycles. The highest BCUT2D eigenvalue weighted by molar-refractivity contribution is 5.94. The third kappa shape index (κ3) is 4.88. The Balaban J connectivity index is 1.49. The highest BCUT2D eigenvalue weighted by Crippen LogP contribution is 2.26. The first-order chi connectivity index (χ1) is 13.0. The normalized spacial score (nSPS) is 16.0. The number of rotatable bonds is 5. The lowest BCUT2D eigenvalue weighted by atomic mass is 9.93. The third-order valence-electron chi connectivity index (χ3n) is 5.23. The van der Waals surface area contributed by atoms with E-state index in [-0.39, 0.29) is 29.4 Å². The molecule has 142 valence electrons. The summed E-state index contributed by atoms with van der Waals surface area (Å²) in [5.41, 5.74) is 1.60. The van der Waals surface area contributed by atoms with E-state index < -0.39 is 0 Å². The standard InChI is InChI=1S/C22H26N2O3/c1-16(17-7-3-2-4-8-17)15-21(26)24-13-11-18(12-14-24)22(27)23-19-9-5-6-10-20(19)25/h2-10,16,18,25H,11-15H2,1H3,(H,23,27). The van der Waals surface area contributed by atoms with Gasteiger partial charge in [-0.15, -0.1) is 0 Å². The van der Waals surface area contributed by atoms with Gasteiger partial charge in [-0.2, -0.15) is 0 Å². The predicted molar refractivity (Wildman–Crippen MR) is 106 cm³/mol. The Bertz CT molecular complexity index is 783. The second kappa shape index (κ2) is 8.71. The number of nitrogens with one attached hydrogen (secondary N) is 1. The van der Waals surface area contributed by atoms with E-state index in [9.17, 15) is 14.7 Å². The number of aromatic hydroxyl groups is 1. The Morgan fingerprint density at radius 3 is 2.37 bits per heavy atom. The number of hydrogen-bond donors (Lipinski definition) is 2. The summed E-state index contributed by atoms with van der Waals surface area (Å²) in [5.74, 6) is 0.154. The summed E-state index contributed by atoms with van der Waals surface area (Å²) in [4.78, 5) is 26.9. The van der Waals surface area contributed by atoms with Crippen LogP contribution in [0.4, 0.5) is 5.69 Å². The molecular weight excluding hydrogens is 340 g/mol. The highest BCUT2D eigenvalue weighted by Gasteiger charge is 2.28. The van der Waals surface area contributed by atoms with Crippen LogP contribution in [0.2, 0.25) is 0 Å². The molecule has 2 aromatic rings. The van der Waals surface area contributed by atoms with Gasteiger partial charge in [-0.25, -0.2) is 0 Å². The molecule has 1 aliphatic heterocycles. The number of hydrogen-bond acceptors (Lipinski definition) is 3. The summed E-state index contributed by atoms with van der Waals surface area (Å²) in [6.07, 6.45) is 1.77. The lowest BCUT2D eigenvalue weighted by Gasteiger charge is -2.32. The summed E-state index contributed by atoms with van der Waals surface area (Å²) in [5, 5.41) is 12.6. The number of phenolic OH excluding ortho intramolecular Hbond substituents is 1. The molecule has 0 spiro atoms. The predicted octanol–water partition coefficient (Wildman–Crippen LogP) is 3.76. The Hall–Kier alpha value is -2.82. The smallest absolute Gasteiger partial charge is 0.227 e. The minimum Gasteiger partial charge on any atom is -0.506 e. The van der Waals surface area contributed by atoms with E-state index in [2.05, 4.69) is 12.2 Å². The zero-order chi connectivity index (χ0) is 19.2. The van der Waals surface area contributed by atoms with E-state index in [0.717, 1.165) is 0 Å². The Kier molecular flexibility index (Phi) is 6.12. The Morgan fingerprint density at radius 1 is 1.07 bits per heavy atom. The second-order valence-electron chi connectivity index (χ2n) is 7.18. The summed E-state index contributed by atoms with van der Waals surface area (Å²) in [6, 6.07) is 16.8. The van der Waals surface area contributed by atoms with Crippen LogP contribution in [-0.2, 0) is 9.59 Å². The first kappa shape index (κ1) is 19.0. The van der Waals surface area contributed by atoms with Gasteiger partial charge in [-0.3, -0.25) is 9.59 Å². The molecule has 0 saturated carbocycles. The van der Waals surface area contributed by atoms with Gasteiger partial charge in [-0.1, -0.05) is 49.4 Å². The van der Waals surface area contributed by atoms with Gasteiger partial charge in [0.2, 0.25) is 11.8 Å². The van der Waals surface area contributed by atoms with Crippen LogP contribution in [0.1, 0.15) is 37.7 Å². The maximum atomic E-state index is 12.6. The van der Waals surface area contributed by atoms with Gasteiger partial charge in [0.05, 0.1) is 5.69 Å². The van der Waals surface area contributed by atoms with Gasteiger partial charge in [0.25, 0.3) is 0 Å². The lowest BCUT2D eigenvalue weighted by molar-refractivity contribution is -0.134. The van der Waals surface area contributed by atoms with Crippen molar-refractivity contribution in [3.8, 4) is 5.75 Å². The van der Waals surface area contributed by atoms with Crippen molar-refractivity contribution in [1.82, 2.24) is 4.90 Å². The van der Waals surface area contributed by atoms with Crippen molar-refractivity contribution in [2.24, 2.45) is 5.92 Å². The Labute approximate surface area is 160 Å². The van der Waals surface area contributed by atoms with Gasteiger partial charge in [-0.05, 0) is 36.5 Å². The zero-order valence-electron chi connectivity index (χ0n) is 15.6. The first-order valence-corrected chi connectivity index (χ1v) is 9.46. The quantitative estimate of drug-likeness (QED) is 0.792. The third-order valence-corrected chi connectivity index (χ3v) is 5.23. The van der Waals surface area contributed by atoms with Crippen molar-refractivity contribution in [2.45, 2.75) is 32.1 Å². The number of likely N-dealkylation sites (tertiary alicyclic amines) is 1. The number of amides is 2. The minimum absolute atomic E-state index is 0.0633. The molecule has 3 rings (SSSR count). The van der Waals surface area contributed by atoms with E-state index in [1.54, 1.807) is 24.3 Å². The molecule has 27 heavy (non-hydrogen) atoms. The number of carbonyl (C=O) groups is 2. The average molecular weight is 366 g/mol. The van der Waals surface area contributed by atoms with Crippen molar-refractivity contribution < 1.29 is 14.7 Å². The van der Waals surface area contributed by atoms with Crippen molar-refractivity contribution in [1.29, 1.82) is 0 Å². The van der Waals surface area contributed by atoms with Gasteiger partial charge < -0.3 is 15.3 Å².